The van der Waals surface area contributed by atoms with Gasteiger partial charge < -0.3 is 14.4 Å². The Bertz CT molecular complexity index is 951. The summed E-state index contributed by atoms with van der Waals surface area (Å²) in [5.41, 5.74) is 1.08. The molecule has 0 fully saturated rings. The Kier molecular flexibility index (Phi) is 7.26. The minimum Gasteiger partial charge on any atom is -0.383 e. The summed E-state index contributed by atoms with van der Waals surface area (Å²) in [5, 5.41) is 2.61. The van der Waals surface area contributed by atoms with Crippen molar-refractivity contribution in [2.45, 2.75) is 20.4 Å². The molecule has 0 heterocycles. The summed E-state index contributed by atoms with van der Waals surface area (Å²) in [5.74, 6) is -0.199. The van der Waals surface area contributed by atoms with Crippen molar-refractivity contribution < 1.29 is 21.8 Å². The largest absolute Gasteiger partial charge is 0.383 e. The van der Waals surface area contributed by atoms with Crippen LogP contribution in [-0.4, -0.2) is 32.1 Å². The standard InChI is InChI=1S/C19H22ClFN2O4S/c1-13(2)11-23(19(24)22-15-7-8-18(21)17(20)10-15)12-14-5-4-6-16(9-14)27-28(3,25)26/h4-10,13H,11-12H2,1-3H3,(H,22,24). The number of carbonyl (C=O) groups is 1. The van der Waals surface area contributed by atoms with Crippen molar-refractivity contribution in [1.82, 2.24) is 4.90 Å². The van der Waals surface area contributed by atoms with Crippen LogP contribution in [0.5, 0.6) is 5.75 Å². The van der Waals surface area contributed by atoms with Crippen LogP contribution in [0.2, 0.25) is 5.02 Å². The Labute approximate surface area is 169 Å². The minimum absolute atomic E-state index is 0.0844. The Morgan fingerprint density at radius 3 is 2.57 bits per heavy atom. The third kappa shape index (κ3) is 7.01. The maximum atomic E-state index is 13.3. The highest BCUT2D eigenvalue weighted by molar-refractivity contribution is 7.86. The first-order valence-electron chi connectivity index (χ1n) is 8.53. The fourth-order valence-corrected chi connectivity index (χ4v) is 3.16. The SMILES string of the molecule is CC(C)CN(Cc1cccc(OS(C)(=O)=O)c1)C(=O)Nc1ccc(F)c(Cl)c1. The van der Waals surface area contributed by atoms with E-state index in [0.29, 0.717) is 17.8 Å². The topological polar surface area (TPSA) is 75.7 Å². The van der Waals surface area contributed by atoms with Crippen LogP contribution in [0.25, 0.3) is 0 Å². The highest BCUT2D eigenvalue weighted by Gasteiger charge is 2.17. The van der Waals surface area contributed by atoms with Crippen molar-refractivity contribution in [3.63, 3.8) is 0 Å². The predicted octanol–water partition coefficient (Wildman–Crippen LogP) is 4.51. The number of hydrogen-bond acceptors (Lipinski definition) is 4. The van der Waals surface area contributed by atoms with Gasteiger partial charge >= 0.3 is 16.1 Å². The second-order valence-electron chi connectivity index (χ2n) is 6.77. The van der Waals surface area contributed by atoms with Gasteiger partial charge in [-0.05, 0) is 41.8 Å². The van der Waals surface area contributed by atoms with Gasteiger partial charge in [0.1, 0.15) is 11.6 Å². The van der Waals surface area contributed by atoms with E-state index >= 15 is 0 Å². The molecule has 152 valence electrons. The summed E-state index contributed by atoms with van der Waals surface area (Å²) in [7, 11) is -3.64. The number of anilines is 1. The van der Waals surface area contributed by atoms with Crippen molar-refractivity contribution in [3.05, 3.63) is 58.9 Å². The molecule has 2 aromatic rings. The highest BCUT2D eigenvalue weighted by Crippen LogP contribution is 2.21. The van der Waals surface area contributed by atoms with Gasteiger partial charge in [0.05, 0.1) is 11.3 Å². The van der Waals surface area contributed by atoms with E-state index in [-0.39, 0.29) is 29.3 Å². The lowest BCUT2D eigenvalue weighted by molar-refractivity contribution is 0.201. The van der Waals surface area contributed by atoms with Gasteiger partial charge in [0.2, 0.25) is 0 Å². The van der Waals surface area contributed by atoms with E-state index < -0.39 is 15.9 Å². The molecule has 2 aromatic carbocycles. The average Bonchev–Trinajstić information content (AvgIpc) is 2.56. The van der Waals surface area contributed by atoms with Crippen LogP contribution < -0.4 is 9.50 Å². The smallest absolute Gasteiger partial charge is 0.322 e. The zero-order valence-electron chi connectivity index (χ0n) is 15.8. The fraction of sp³-hybridized carbons (Fsp3) is 0.316. The fourth-order valence-electron chi connectivity index (χ4n) is 2.53. The maximum absolute atomic E-state index is 13.3. The molecule has 2 rings (SSSR count). The number of rotatable bonds is 7. The van der Waals surface area contributed by atoms with Gasteiger partial charge in [0, 0.05) is 18.8 Å². The molecule has 28 heavy (non-hydrogen) atoms. The van der Waals surface area contributed by atoms with Gasteiger partial charge in [-0.15, -0.1) is 0 Å². The number of halogens is 2. The van der Waals surface area contributed by atoms with E-state index in [1.54, 1.807) is 23.1 Å². The first kappa shape index (κ1) is 22.0. The second kappa shape index (κ2) is 9.25. The summed E-state index contributed by atoms with van der Waals surface area (Å²) < 4.78 is 40.8. The number of nitrogens with one attached hydrogen (secondary N) is 1. The molecule has 6 nitrogen and oxygen atoms in total. The van der Waals surface area contributed by atoms with E-state index in [0.717, 1.165) is 6.26 Å². The molecule has 0 aliphatic carbocycles. The van der Waals surface area contributed by atoms with Crippen LogP contribution >= 0.6 is 11.6 Å². The molecular formula is C19H22ClFN2O4S. The number of nitrogens with zero attached hydrogens (tertiary/aromatic N) is 1. The molecule has 9 heteroatoms. The molecule has 0 unspecified atom stereocenters. The minimum atomic E-state index is -3.64. The van der Waals surface area contributed by atoms with Gasteiger partial charge in [-0.25, -0.2) is 9.18 Å². The van der Waals surface area contributed by atoms with E-state index in [2.05, 4.69) is 5.32 Å². The quantitative estimate of drug-likeness (QED) is 0.658. The summed E-state index contributed by atoms with van der Waals surface area (Å²) in [4.78, 5) is 14.3. The zero-order valence-corrected chi connectivity index (χ0v) is 17.3. The van der Waals surface area contributed by atoms with Crippen molar-refractivity contribution >= 4 is 33.4 Å². The molecule has 0 aromatic heterocycles. The molecule has 0 saturated heterocycles. The molecule has 2 amide bonds. The lowest BCUT2D eigenvalue weighted by atomic mass is 10.1. The van der Waals surface area contributed by atoms with Crippen molar-refractivity contribution in [2.75, 3.05) is 18.1 Å². The van der Waals surface area contributed by atoms with E-state index in [1.165, 1.54) is 24.3 Å². The maximum Gasteiger partial charge on any atom is 0.322 e. The monoisotopic (exact) mass is 428 g/mol. The Hall–Kier alpha value is -2.32. The molecule has 0 radical (unpaired) electrons. The summed E-state index contributed by atoms with van der Waals surface area (Å²) in [6, 6.07) is 10.1. The van der Waals surface area contributed by atoms with Gasteiger partial charge in [0.25, 0.3) is 0 Å². The Morgan fingerprint density at radius 1 is 1.25 bits per heavy atom. The summed E-state index contributed by atoms with van der Waals surface area (Å²) in [6.07, 6.45) is 0.964. The highest BCUT2D eigenvalue weighted by atomic mass is 35.5. The number of urea groups is 1. The van der Waals surface area contributed by atoms with Crippen LogP contribution in [0.3, 0.4) is 0 Å². The lowest BCUT2D eigenvalue weighted by Crippen LogP contribution is -2.37. The Morgan fingerprint density at radius 2 is 1.96 bits per heavy atom. The first-order valence-corrected chi connectivity index (χ1v) is 10.7. The molecule has 1 N–H and O–H groups in total. The molecule has 0 bridgehead atoms. The van der Waals surface area contributed by atoms with Crippen LogP contribution in [0.1, 0.15) is 19.4 Å². The van der Waals surface area contributed by atoms with Crippen LogP contribution in [0, 0.1) is 11.7 Å². The zero-order chi connectivity index (χ0) is 20.9. The van der Waals surface area contributed by atoms with Crippen molar-refractivity contribution in [1.29, 1.82) is 0 Å². The van der Waals surface area contributed by atoms with Crippen LogP contribution in [0.15, 0.2) is 42.5 Å². The van der Waals surface area contributed by atoms with E-state index in [4.69, 9.17) is 15.8 Å². The van der Waals surface area contributed by atoms with Gasteiger partial charge in [-0.3, -0.25) is 0 Å². The molecule has 0 spiro atoms. The van der Waals surface area contributed by atoms with E-state index in [9.17, 15) is 17.6 Å². The number of carbonyl (C=O) groups excluding carboxylic acids is 1. The predicted molar refractivity (Wildman–Crippen MR) is 108 cm³/mol. The van der Waals surface area contributed by atoms with E-state index in [1.807, 2.05) is 13.8 Å². The third-order valence-electron chi connectivity index (χ3n) is 3.56. The van der Waals surface area contributed by atoms with Gasteiger partial charge in [0.15, 0.2) is 0 Å². The molecule has 0 aliphatic rings. The van der Waals surface area contributed by atoms with Gasteiger partial charge in [-0.2, -0.15) is 8.42 Å². The Balaban J connectivity index is 2.17. The second-order valence-corrected chi connectivity index (χ2v) is 8.75. The molecule has 0 aliphatic heterocycles. The number of amides is 2. The molecule has 0 saturated carbocycles. The first-order chi connectivity index (χ1) is 13.0. The summed E-state index contributed by atoms with van der Waals surface area (Å²) >= 11 is 5.76. The average molecular weight is 429 g/mol. The third-order valence-corrected chi connectivity index (χ3v) is 4.35. The number of hydrogen-bond donors (Lipinski definition) is 1. The van der Waals surface area contributed by atoms with Crippen LogP contribution in [-0.2, 0) is 16.7 Å². The van der Waals surface area contributed by atoms with Crippen molar-refractivity contribution in [3.8, 4) is 5.75 Å². The molecular weight excluding hydrogens is 407 g/mol. The van der Waals surface area contributed by atoms with Crippen LogP contribution in [0.4, 0.5) is 14.9 Å². The van der Waals surface area contributed by atoms with Crippen molar-refractivity contribution in [2.24, 2.45) is 5.92 Å². The summed E-state index contributed by atoms with van der Waals surface area (Å²) in [6.45, 7) is 4.63. The molecule has 0 atom stereocenters. The lowest BCUT2D eigenvalue weighted by Gasteiger charge is -2.25. The number of benzene rings is 2. The normalized spacial score (nSPS) is 11.4. The van der Waals surface area contributed by atoms with Gasteiger partial charge in [-0.1, -0.05) is 37.6 Å².